The summed E-state index contributed by atoms with van der Waals surface area (Å²) in [7, 11) is 0. The van der Waals surface area contributed by atoms with Crippen LogP contribution in [0.5, 0.6) is 5.75 Å². The topological polar surface area (TPSA) is 106 Å². The second-order valence-electron chi connectivity index (χ2n) is 8.11. The Kier molecular flexibility index (Phi) is 7.49. The number of nitrogens with zero attached hydrogens (tertiary/aromatic N) is 1. The molecular formula is C27H16Cl2F3N3O3. The molecular weight excluding hydrogens is 542 g/mol. The first-order valence-electron chi connectivity index (χ1n) is 10.9. The smallest absolute Gasteiger partial charge is 0.416 e. The highest BCUT2D eigenvalue weighted by molar-refractivity contribution is 6.33. The highest BCUT2D eigenvalue weighted by atomic mass is 35.5. The van der Waals surface area contributed by atoms with Crippen molar-refractivity contribution in [2.75, 3.05) is 0 Å². The molecule has 0 saturated carbocycles. The summed E-state index contributed by atoms with van der Waals surface area (Å²) in [5.74, 6) is -0.746. The van der Waals surface area contributed by atoms with Crippen molar-refractivity contribution in [3.05, 3.63) is 109 Å². The van der Waals surface area contributed by atoms with Gasteiger partial charge in [0.2, 0.25) is 0 Å². The molecule has 0 bridgehead atoms. The first-order valence-corrected chi connectivity index (χ1v) is 11.6. The fraction of sp³-hybridized carbons (Fsp3) is 0.0741. The predicted octanol–water partition coefficient (Wildman–Crippen LogP) is 6.54. The van der Waals surface area contributed by atoms with Crippen LogP contribution < -0.4 is 10.9 Å². The van der Waals surface area contributed by atoms with Crippen LogP contribution in [0.4, 0.5) is 13.2 Å². The zero-order chi connectivity index (χ0) is 27.6. The van der Waals surface area contributed by atoms with Crippen LogP contribution in [0.25, 0.3) is 22.4 Å². The van der Waals surface area contributed by atoms with Gasteiger partial charge in [-0.05, 0) is 48.5 Å². The molecule has 0 aliphatic heterocycles. The van der Waals surface area contributed by atoms with Crippen LogP contribution in [0.15, 0.2) is 71.5 Å². The maximum atomic E-state index is 13.3. The van der Waals surface area contributed by atoms with Crippen molar-refractivity contribution >= 4 is 29.1 Å². The van der Waals surface area contributed by atoms with Crippen molar-refractivity contribution in [1.29, 1.82) is 5.26 Å². The fourth-order valence-corrected chi connectivity index (χ4v) is 4.26. The zero-order valence-electron chi connectivity index (χ0n) is 19.2. The van der Waals surface area contributed by atoms with Crippen LogP contribution in [-0.2, 0) is 12.7 Å². The molecule has 0 saturated heterocycles. The number of phenols is 1. The molecule has 1 heterocycles. The van der Waals surface area contributed by atoms with Crippen molar-refractivity contribution < 1.29 is 23.1 Å². The van der Waals surface area contributed by atoms with Crippen LogP contribution in [0, 0.1) is 11.3 Å². The predicted molar refractivity (Wildman–Crippen MR) is 137 cm³/mol. The molecule has 0 unspecified atom stereocenters. The number of aromatic nitrogens is 1. The van der Waals surface area contributed by atoms with E-state index in [-0.39, 0.29) is 50.3 Å². The number of benzene rings is 3. The Bertz CT molecular complexity index is 1650. The molecule has 192 valence electrons. The highest BCUT2D eigenvalue weighted by Gasteiger charge is 2.31. The van der Waals surface area contributed by atoms with Crippen LogP contribution in [0.1, 0.15) is 27.0 Å². The number of phenolic OH excluding ortho intramolecular Hbond substituents is 1. The number of hydrogen-bond acceptors (Lipinski definition) is 4. The molecule has 1 aromatic heterocycles. The average Bonchev–Trinajstić information content (AvgIpc) is 2.88. The van der Waals surface area contributed by atoms with E-state index in [9.17, 15) is 33.1 Å². The van der Waals surface area contributed by atoms with Crippen molar-refractivity contribution in [2.45, 2.75) is 12.7 Å². The van der Waals surface area contributed by atoms with Crippen molar-refractivity contribution in [3.8, 4) is 34.2 Å². The van der Waals surface area contributed by atoms with Gasteiger partial charge >= 0.3 is 6.18 Å². The molecule has 3 N–H and O–H groups in total. The number of aromatic hydroxyl groups is 1. The van der Waals surface area contributed by atoms with Gasteiger partial charge in [-0.25, -0.2) is 0 Å². The molecule has 11 heteroatoms. The van der Waals surface area contributed by atoms with E-state index in [1.54, 1.807) is 36.4 Å². The fourth-order valence-electron chi connectivity index (χ4n) is 3.80. The Balaban J connectivity index is 1.80. The Labute approximate surface area is 223 Å². The first-order chi connectivity index (χ1) is 18.0. The number of nitrogens with one attached hydrogen (secondary N) is 2. The summed E-state index contributed by atoms with van der Waals surface area (Å²) in [6.07, 6.45) is -4.69. The third-order valence-corrected chi connectivity index (χ3v) is 6.20. The summed E-state index contributed by atoms with van der Waals surface area (Å²) >= 11 is 12.4. The van der Waals surface area contributed by atoms with Gasteiger partial charge in [0.1, 0.15) is 17.4 Å². The number of nitriles is 1. The van der Waals surface area contributed by atoms with Gasteiger partial charge in [0, 0.05) is 44.4 Å². The molecule has 1 amide bonds. The summed E-state index contributed by atoms with van der Waals surface area (Å²) < 4.78 is 40.0. The lowest BCUT2D eigenvalue weighted by Gasteiger charge is -2.15. The van der Waals surface area contributed by atoms with Gasteiger partial charge < -0.3 is 15.4 Å². The van der Waals surface area contributed by atoms with Crippen molar-refractivity contribution in [2.24, 2.45) is 0 Å². The van der Waals surface area contributed by atoms with Gasteiger partial charge in [0.15, 0.2) is 0 Å². The number of alkyl halides is 3. The maximum absolute atomic E-state index is 13.3. The number of hydrogen-bond donors (Lipinski definition) is 3. The van der Waals surface area contributed by atoms with E-state index >= 15 is 0 Å². The number of pyridine rings is 1. The number of H-pyrrole nitrogens is 1. The molecule has 4 aromatic rings. The number of carbonyl (C=O) groups excluding carboxylic acids is 1. The lowest BCUT2D eigenvalue weighted by molar-refractivity contribution is -0.137. The molecule has 0 spiro atoms. The third kappa shape index (κ3) is 5.52. The summed E-state index contributed by atoms with van der Waals surface area (Å²) in [5, 5.41) is 23.2. The lowest BCUT2D eigenvalue weighted by atomic mass is 9.96. The highest BCUT2D eigenvalue weighted by Crippen LogP contribution is 2.39. The molecule has 3 aromatic carbocycles. The van der Waals surface area contributed by atoms with E-state index in [4.69, 9.17) is 23.2 Å². The number of halogens is 5. The van der Waals surface area contributed by atoms with Crippen LogP contribution >= 0.6 is 23.2 Å². The van der Waals surface area contributed by atoms with Crippen LogP contribution in [0.2, 0.25) is 10.0 Å². The van der Waals surface area contributed by atoms with Gasteiger partial charge in [-0.3, -0.25) is 9.59 Å². The van der Waals surface area contributed by atoms with Crippen molar-refractivity contribution in [1.82, 2.24) is 10.3 Å². The normalized spacial score (nSPS) is 11.2. The zero-order valence-corrected chi connectivity index (χ0v) is 20.7. The molecule has 6 nitrogen and oxygen atoms in total. The number of carbonyl (C=O) groups is 1. The van der Waals surface area contributed by atoms with E-state index < -0.39 is 28.8 Å². The quantitative estimate of drug-likeness (QED) is 0.259. The number of rotatable bonds is 5. The van der Waals surface area contributed by atoms with E-state index in [0.29, 0.717) is 5.56 Å². The summed E-state index contributed by atoms with van der Waals surface area (Å²) in [5.41, 5.74) is -2.17. The van der Waals surface area contributed by atoms with Gasteiger partial charge in [-0.2, -0.15) is 18.4 Å². The van der Waals surface area contributed by atoms with Gasteiger partial charge in [-0.15, -0.1) is 0 Å². The van der Waals surface area contributed by atoms with Crippen LogP contribution in [-0.4, -0.2) is 16.0 Å². The minimum atomic E-state index is -4.69. The van der Waals surface area contributed by atoms with Gasteiger partial charge in [0.05, 0.1) is 11.3 Å². The van der Waals surface area contributed by atoms with Gasteiger partial charge in [0.25, 0.3) is 11.5 Å². The monoisotopic (exact) mass is 557 g/mol. The summed E-state index contributed by atoms with van der Waals surface area (Å²) in [6, 6.07) is 16.6. The summed E-state index contributed by atoms with van der Waals surface area (Å²) in [6.45, 7) is -0.125. The second-order valence-corrected chi connectivity index (χ2v) is 8.96. The van der Waals surface area contributed by atoms with Gasteiger partial charge in [-0.1, -0.05) is 41.4 Å². The number of amides is 1. The standard InChI is InChI=1S/C27H16Cl2F3N3O3/c28-17-8-15(13-34-25(37)14-4-2-1-3-5-14)24(36)20(10-17)23-11-18(21(12-33)26(38)35-23)19-9-16(27(30,31)32)6-7-22(19)29/h1-11,36H,13H2,(H,34,37)(H,35,38). The lowest BCUT2D eigenvalue weighted by Crippen LogP contribution is -2.22. The Morgan fingerprint density at radius 3 is 2.37 bits per heavy atom. The maximum Gasteiger partial charge on any atom is 0.416 e. The molecule has 0 atom stereocenters. The molecule has 0 aliphatic carbocycles. The molecule has 4 rings (SSSR count). The van der Waals surface area contributed by atoms with E-state index in [2.05, 4.69) is 10.3 Å². The minimum absolute atomic E-state index is 0.0207. The van der Waals surface area contributed by atoms with Crippen molar-refractivity contribution in [3.63, 3.8) is 0 Å². The largest absolute Gasteiger partial charge is 0.507 e. The Morgan fingerprint density at radius 2 is 1.71 bits per heavy atom. The Hall–Kier alpha value is -4.26. The summed E-state index contributed by atoms with van der Waals surface area (Å²) in [4.78, 5) is 27.6. The molecule has 0 fully saturated rings. The second kappa shape index (κ2) is 10.6. The molecule has 0 aliphatic rings. The minimum Gasteiger partial charge on any atom is -0.507 e. The SMILES string of the molecule is N#Cc1c(-c2cc(C(F)(F)F)ccc2Cl)cc(-c2cc(Cl)cc(CNC(=O)c3ccccc3)c2O)[nH]c1=O. The van der Waals surface area contributed by atoms with E-state index in [0.717, 1.165) is 18.2 Å². The third-order valence-electron chi connectivity index (χ3n) is 5.65. The first kappa shape index (κ1) is 26.8. The van der Waals surface area contributed by atoms with Crippen LogP contribution in [0.3, 0.4) is 0 Å². The molecule has 38 heavy (non-hydrogen) atoms. The average molecular weight is 558 g/mol. The number of aromatic amines is 1. The Morgan fingerprint density at radius 1 is 1.00 bits per heavy atom. The van der Waals surface area contributed by atoms with E-state index in [1.807, 2.05) is 0 Å². The van der Waals surface area contributed by atoms with E-state index in [1.165, 1.54) is 18.2 Å². The molecule has 0 radical (unpaired) electrons.